The van der Waals surface area contributed by atoms with E-state index in [1.807, 2.05) is 13.0 Å². The average molecular weight is 377 g/mol. The van der Waals surface area contributed by atoms with Gasteiger partial charge in [-0.05, 0) is 25.1 Å². The van der Waals surface area contributed by atoms with Gasteiger partial charge in [0.25, 0.3) is 5.91 Å². The number of thioether (sulfide) groups is 1. The molecule has 1 amide bonds. The molecule has 0 radical (unpaired) electrons. The van der Waals surface area contributed by atoms with Crippen molar-refractivity contribution in [1.82, 2.24) is 15.3 Å². The topological polar surface area (TPSA) is 54.9 Å². The van der Waals surface area contributed by atoms with Gasteiger partial charge in [0.15, 0.2) is 0 Å². The Morgan fingerprint density at radius 3 is 2.50 bits per heavy atom. The van der Waals surface area contributed by atoms with E-state index in [-0.39, 0.29) is 5.91 Å². The molecule has 0 saturated carbocycles. The lowest BCUT2D eigenvalue weighted by Gasteiger charge is -2.24. The fourth-order valence-corrected chi connectivity index (χ4v) is 3.04. The molecule has 0 saturated heterocycles. The van der Waals surface area contributed by atoms with E-state index in [9.17, 15) is 4.79 Å². The van der Waals surface area contributed by atoms with Crippen molar-refractivity contribution < 1.29 is 4.79 Å². The second-order valence-electron chi connectivity index (χ2n) is 4.38. The lowest BCUT2D eigenvalue weighted by Crippen LogP contribution is -2.41. The number of rotatable bonds is 4. The molecule has 22 heavy (non-hydrogen) atoms. The summed E-state index contributed by atoms with van der Waals surface area (Å²) in [6, 6.07) is 10.5. The number of amides is 1. The zero-order valence-electron chi connectivity index (χ0n) is 11.5. The number of carbonyl (C=O) groups is 1. The highest BCUT2D eigenvalue weighted by Gasteiger charge is 2.35. The van der Waals surface area contributed by atoms with E-state index in [4.69, 9.17) is 34.8 Å². The molecule has 0 unspecified atom stereocenters. The van der Waals surface area contributed by atoms with E-state index in [1.165, 1.54) is 6.33 Å². The van der Waals surface area contributed by atoms with Crippen LogP contribution in [0.15, 0.2) is 47.8 Å². The summed E-state index contributed by atoms with van der Waals surface area (Å²) in [5, 5.41) is 2.53. The molecule has 8 heteroatoms. The van der Waals surface area contributed by atoms with Gasteiger partial charge in [-0.15, -0.1) is 0 Å². The van der Waals surface area contributed by atoms with Crippen LogP contribution in [0, 0.1) is 6.92 Å². The summed E-state index contributed by atoms with van der Waals surface area (Å²) in [7, 11) is 0. The summed E-state index contributed by atoms with van der Waals surface area (Å²) >= 11 is 19.1. The van der Waals surface area contributed by atoms with E-state index < -0.39 is 9.17 Å². The van der Waals surface area contributed by atoms with Crippen LogP contribution in [-0.4, -0.2) is 25.0 Å². The number of benzene rings is 1. The van der Waals surface area contributed by atoms with Gasteiger partial charge in [-0.3, -0.25) is 4.79 Å². The number of hydrogen-bond donors (Lipinski definition) is 1. The van der Waals surface area contributed by atoms with Crippen molar-refractivity contribution in [3.8, 4) is 0 Å². The van der Waals surface area contributed by atoms with Gasteiger partial charge in [0.05, 0.1) is 0 Å². The SMILES string of the molecule is Cc1cc(S[C@H](NC(=O)c2ccccc2)C(Cl)(Cl)Cl)ncn1. The highest BCUT2D eigenvalue weighted by molar-refractivity contribution is 8.00. The Kier molecular flexibility index (Phi) is 5.92. The quantitative estimate of drug-likeness (QED) is 0.379. The number of nitrogens with one attached hydrogen (secondary N) is 1. The summed E-state index contributed by atoms with van der Waals surface area (Å²) in [5.74, 6) is -0.324. The van der Waals surface area contributed by atoms with E-state index in [2.05, 4.69) is 15.3 Å². The molecule has 1 aromatic carbocycles. The van der Waals surface area contributed by atoms with Gasteiger partial charge in [0.1, 0.15) is 16.7 Å². The number of aromatic nitrogens is 2. The van der Waals surface area contributed by atoms with Crippen molar-refractivity contribution in [3.05, 3.63) is 54.0 Å². The molecule has 1 heterocycles. The maximum atomic E-state index is 12.2. The molecule has 0 aliphatic heterocycles. The van der Waals surface area contributed by atoms with Crippen molar-refractivity contribution in [2.75, 3.05) is 0 Å². The molecule has 2 aromatic rings. The van der Waals surface area contributed by atoms with Crippen molar-refractivity contribution >= 4 is 52.5 Å². The molecule has 2 rings (SSSR count). The van der Waals surface area contributed by atoms with Gasteiger partial charge in [-0.25, -0.2) is 9.97 Å². The van der Waals surface area contributed by atoms with Crippen LogP contribution in [0.25, 0.3) is 0 Å². The molecule has 0 aliphatic carbocycles. The zero-order valence-corrected chi connectivity index (χ0v) is 14.5. The molecular weight excluding hydrogens is 365 g/mol. The third-order valence-corrected chi connectivity index (χ3v) is 4.83. The molecule has 1 aromatic heterocycles. The number of hydrogen-bond acceptors (Lipinski definition) is 4. The molecule has 116 valence electrons. The van der Waals surface area contributed by atoms with E-state index in [0.29, 0.717) is 10.6 Å². The summed E-state index contributed by atoms with van der Waals surface area (Å²) in [5.41, 5.74) is 1.27. The van der Waals surface area contributed by atoms with Crippen LogP contribution in [0.2, 0.25) is 0 Å². The van der Waals surface area contributed by atoms with Gasteiger partial charge in [-0.2, -0.15) is 0 Å². The minimum Gasteiger partial charge on any atom is -0.336 e. The van der Waals surface area contributed by atoms with Crippen LogP contribution in [-0.2, 0) is 0 Å². The number of halogens is 3. The summed E-state index contributed by atoms with van der Waals surface area (Å²) in [6.07, 6.45) is 1.42. The van der Waals surface area contributed by atoms with E-state index in [1.54, 1.807) is 30.3 Å². The second-order valence-corrected chi connectivity index (χ2v) is 7.87. The Morgan fingerprint density at radius 2 is 1.91 bits per heavy atom. The lowest BCUT2D eigenvalue weighted by molar-refractivity contribution is 0.0950. The molecular formula is C14H12Cl3N3OS. The summed E-state index contributed by atoms with van der Waals surface area (Å²) in [6.45, 7) is 1.83. The number of aryl methyl sites for hydroxylation is 1. The normalized spacial score (nSPS) is 12.7. The first kappa shape index (κ1) is 17.3. The first-order valence-corrected chi connectivity index (χ1v) is 8.25. The minimum absolute atomic E-state index is 0.324. The van der Waals surface area contributed by atoms with E-state index >= 15 is 0 Å². The van der Waals surface area contributed by atoms with Gasteiger partial charge in [0, 0.05) is 11.3 Å². The highest BCUT2D eigenvalue weighted by atomic mass is 35.6. The Balaban J connectivity index is 2.15. The molecule has 0 aliphatic rings. The Bertz CT molecular complexity index is 649. The maximum absolute atomic E-state index is 12.2. The molecule has 0 fully saturated rings. The zero-order chi connectivity index (χ0) is 16.2. The Hall–Kier alpha value is -1.01. The highest BCUT2D eigenvalue weighted by Crippen LogP contribution is 2.38. The monoisotopic (exact) mass is 375 g/mol. The van der Waals surface area contributed by atoms with Crippen molar-refractivity contribution in [2.24, 2.45) is 0 Å². The fourth-order valence-electron chi connectivity index (χ4n) is 1.59. The van der Waals surface area contributed by atoms with E-state index in [0.717, 1.165) is 17.5 Å². The van der Waals surface area contributed by atoms with Gasteiger partial charge < -0.3 is 5.32 Å². The fraction of sp³-hybridized carbons (Fsp3) is 0.214. The van der Waals surface area contributed by atoms with Gasteiger partial charge in [-0.1, -0.05) is 64.8 Å². The van der Waals surface area contributed by atoms with Crippen LogP contribution in [0.3, 0.4) is 0 Å². The molecule has 0 bridgehead atoms. The van der Waals surface area contributed by atoms with Gasteiger partial charge >= 0.3 is 0 Å². The summed E-state index contributed by atoms with van der Waals surface area (Å²) < 4.78 is -1.69. The van der Waals surface area contributed by atoms with Crippen molar-refractivity contribution in [2.45, 2.75) is 21.1 Å². The van der Waals surface area contributed by atoms with Crippen LogP contribution in [0.4, 0.5) is 0 Å². The Labute approximate surface area is 147 Å². The van der Waals surface area contributed by atoms with Gasteiger partial charge in [0.2, 0.25) is 3.79 Å². The minimum atomic E-state index is -1.69. The maximum Gasteiger partial charge on any atom is 0.252 e. The van der Waals surface area contributed by atoms with Crippen LogP contribution in [0.5, 0.6) is 0 Å². The first-order valence-electron chi connectivity index (χ1n) is 6.24. The molecule has 4 nitrogen and oxygen atoms in total. The lowest BCUT2D eigenvalue weighted by atomic mass is 10.2. The largest absolute Gasteiger partial charge is 0.336 e. The average Bonchev–Trinajstić information content (AvgIpc) is 2.46. The predicted molar refractivity (Wildman–Crippen MR) is 90.6 cm³/mol. The number of alkyl halides is 3. The first-order chi connectivity index (χ1) is 10.4. The van der Waals surface area contributed by atoms with Crippen LogP contribution in [0.1, 0.15) is 16.1 Å². The number of carbonyl (C=O) groups excluding carboxylic acids is 1. The molecule has 1 N–H and O–H groups in total. The van der Waals surface area contributed by atoms with Crippen molar-refractivity contribution in [3.63, 3.8) is 0 Å². The standard InChI is InChI=1S/C14H12Cl3N3OS/c1-9-7-11(19-8-18-9)22-13(14(15,16)17)20-12(21)10-5-3-2-4-6-10/h2-8,13H,1H3,(H,20,21)/t13-/m0/s1. The number of nitrogens with zero attached hydrogens (tertiary/aromatic N) is 2. The van der Waals surface area contributed by atoms with Crippen LogP contribution < -0.4 is 5.32 Å². The smallest absolute Gasteiger partial charge is 0.252 e. The summed E-state index contributed by atoms with van der Waals surface area (Å²) in [4.78, 5) is 20.3. The van der Waals surface area contributed by atoms with Crippen molar-refractivity contribution in [1.29, 1.82) is 0 Å². The second kappa shape index (κ2) is 7.51. The Morgan fingerprint density at radius 1 is 1.23 bits per heavy atom. The predicted octanol–water partition coefficient (Wildman–Crippen LogP) is 4.00. The molecule has 1 atom stereocenters. The van der Waals surface area contributed by atoms with Crippen LogP contribution >= 0.6 is 46.6 Å². The molecule has 0 spiro atoms. The third kappa shape index (κ3) is 5.02. The third-order valence-electron chi connectivity index (χ3n) is 2.61.